The van der Waals surface area contributed by atoms with Crippen molar-refractivity contribution in [3.8, 4) is 5.75 Å². The van der Waals surface area contributed by atoms with Crippen LogP contribution in [0.5, 0.6) is 5.75 Å². The van der Waals surface area contributed by atoms with E-state index in [4.69, 9.17) is 15.2 Å². The van der Waals surface area contributed by atoms with Gasteiger partial charge >= 0.3 is 0 Å². The molecule has 3 rings (SSSR count). The predicted molar refractivity (Wildman–Crippen MR) is 104 cm³/mol. The molecule has 5 heteroatoms. The second-order valence-electron chi connectivity index (χ2n) is 5.91. The summed E-state index contributed by atoms with van der Waals surface area (Å²) in [7, 11) is 3.40. The fraction of sp³-hybridized carbons (Fsp3) is 0.300. The first-order valence-electron chi connectivity index (χ1n) is 8.13. The van der Waals surface area contributed by atoms with Crippen LogP contribution in [0.2, 0.25) is 0 Å². The lowest BCUT2D eigenvalue weighted by molar-refractivity contribution is 0.143. The molecule has 134 valence electrons. The van der Waals surface area contributed by atoms with E-state index in [0.717, 1.165) is 29.1 Å². The van der Waals surface area contributed by atoms with Crippen LogP contribution in [0.25, 0.3) is 5.57 Å². The third kappa shape index (κ3) is 3.66. The number of nitrogens with two attached hydrogens (primary N) is 1. The molecule has 2 aromatic rings. The molecule has 1 atom stereocenters. The van der Waals surface area contributed by atoms with Crippen LogP contribution < -0.4 is 10.5 Å². The van der Waals surface area contributed by atoms with Crippen molar-refractivity contribution in [3.63, 3.8) is 0 Å². The van der Waals surface area contributed by atoms with Crippen LogP contribution in [0.3, 0.4) is 0 Å². The zero-order chi connectivity index (χ0) is 17.1. The van der Waals surface area contributed by atoms with Gasteiger partial charge in [0, 0.05) is 24.9 Å². The van der Waals surface area contributed by atoms with E-state index in [1.807, 2.05) is 12.1 Å². The van der Waals surface area contributed by atoms with Crippen molar-refractivity contribution in [2.45, 2.75) is 13.1 Å². The highest BCUT2D eigenvalue weighted by Gasteiger charge is 2.29. The Hall–Kier alpha value is -2.01. The number of halogens is 1. The monoisotopic (exact) mass is 360 g/mol. The Morgan fingerprint density at radius 2 is 1.80 bits per heavy atom. The molecule has 0 saturated carbocycles. The highest BCUT2D eigenvalue weighted by Crippen LogP contribution is 2.41. The van der Waals surface area contributed by atoms with Gasteiger partial charge in [-0.1, -0.05) is 36.4 Å². The maximum Gasteiger partial charge on any atom is 0.119 e. The molecule has 0 amide bonds. The number of methoxy groups -OCH3 is 2. The van der Waals surface area contributed by atoms with Gasteiger partial charge in [-0.2, -0.15) is 0 Å². The molecule has 0 aromatic heterocycles. The van der Waals surface area contributed by atoms with Crippen molar-refractivity contribution < 1.29 is 9.47 Å². The molecule has 0 radical (unpaired) electrons. The summed E-state index contributed by atoms with van der Waals surface area (Å²) in [6, 6.07) is 16.5. The number of hydrogen-bond donors (Lipinski definition) is 1. The molecule has 1 unspecified atom stereocenters. The molecule has 0 spiro atoms. The van der Waals surface area contributed by atoms with E-state index in [1.54, 1.807) is 14.2 Å². The highest BCUT2D eigenvalue weighted by molar-refractivity contribution is 5.85. The first-order valence-corrected chi connectivity index (χ1v) is 8.13. The smallest absolute Gasteiger partial charge is 0.119 e. The Labute approximate surface area is 155 Å². The number of allylic oxidation sites excluding steroid dienone is 1. The average Bonchev–Trinajstić information content (AvgIpc) is 2.62. The molecule has 0 saturated heterocycles. The normalized spacial score (nSPS) is 16.3. The fourth-order valence-corrected chi connectivity index (χ4v) is 3.32. The first-order chi connectivity index (χ1) is 11.7. The molecular weight excluding hydrogens is 336 g/mol. The van der Waals surface area contributed by atoms with Crippen LogP contribution in [0.4, 0.5) is 0 Å². The summed E-state index contributed by atoms with van der Waals surface area (Å²) in [4.78, 5) is 2.21. The summed E-state index contributed by atoms with van der Waals surface area (Å²) >= 11 is 0. The van der Waals surface area contributed by atoms with E-state index in [-0.39, 0.29) is 18.6 Å². The quantitative estimate of drug-likeness (QED) is 0.880. The molecule has 0 fully saturated rings. The van der Waals surface area contributed by atoms with Crippen molar-refractivity contribution in [2.24, 2.45) is 5.73 Å². The topological polar surface area (TPSA) is 47.7 Å². The molecule has 0 aliphatic carbocycles. The Morgan fingerprint density at radius 3 is 2.44 bits per heavy atom. The lowest BCUT2D eigenvalue weighted by Gasteiger charge is -2.39. The van der Waals surface area contributed by atoms with Crippen LogP contribution in [0.15, 0.2) is 54.2 Å². The second kappa shape index (κ2) is 8.39. The van der Waals surface area contributed by atoms with E-state index in [0.29, 0.717) is 6.61 Å². The Morgan fingerprint density at radius 1 is 1.08 bits per heavy atom. The standard InChI is InChI=1S/C20H24N2O2.ClH/c1-14-19(15-7-5-4-6-8-15)18-13-16(24-3)9-10-17(18)20(21)22(14)11-12-23-2;/h4-10,13,20H,11-12,21H2,1-3H3;1H. The van der Waals surface area contributed by atoms with Crippen molar-refractivity contribution in [1.29, 1.82) is 0 Å². The summed E-state index contributed by atoms with van der Waals surface area (Å²) in [5.41, 5.74) is 12.3. The number of hydrogen-bond acceptors (Lipinski definition) is 4. The fourth-order valence-electron chi connectivity index (χ4n) is 3.32. The largest absolute Gasteiger partial charge is 0.497 e. The SMILES string of the molecule is COCCN1C(C)=C(c2ccccc2)c2cc(OC)ccc2C1N.Cl. The molecule has 25 heavy (non-hydrogen) atoms. The van der Waals surface area contributed by atoms with Crippen LogP contribution in [0, 0.1) is 0 Å². The van der Waals surface area contributed by atoms with Gasteiger partial charge in [-0.25, -0.2) is 0 Å². The lowest BCUT2D eigenvalue weighted by atomic mass is 9.87. The average molecular weight is 361 g/mol. The zero-order valence-electron chi connectivity index (χ0n) is 14.9. The van der Waals surface area contributed by atoms with Gasteiger partial charge in [-0.15, -0.1) is 12.4 Å². The lowest BCUT2D eigenvalue weighted by Crippen LogP contribution is -2.39. The predicted octanol–water partition coefficient (Wildman–Crippen LogP) is 3.82. The van der Waals surface area contributed by atoms with Crippen molar-refractivity contribution >= 4 is 18.0 Å². The molecule has 1 heterocycles. The third-order valence-corrected chi connectivity index (χ3v) is 4.58. The Bertz CT molecular complexity index is 747. The van der Waals surface area contributed by atoms with E-state index < -0.39 is 0 Å². The molecule has 1 aliphatic rings. The van der Waals surface area contributed by atoms with E-state index in [9.17, 15) is 0 Å². The summed E-state index contributed by atoms with van der Waals surface area (Å²) in [5.74, 6) is 0.840. The van der Waals surface area contributed by atoms with Crippen LogP contribution in [0.1, 0.15) is 29.8 Å². The van der Waals surface area contributed by atoms with Gasteiger partial charge in [0.05, 0.1) is 13.7 Å². The van der Waals surface area contributed by atoms with E-state index >= 15 is 0 Å². The molecule has 0 bridgehead atoms. The van der Waals surface area contributed by atoms with Crippen molar-refractivity contribution in [1.82, 2.24) is 4.90 Å². The number of nitrogens with zero attached hydrogens (tertiary/aromatic N) is 1. The summed E-state index contributed by atoms with van der Waals surface area (Å²) in [6.07, 6.45) is -0.187. The van der Waals surface area contributed by atoms with Gasteiger partial charge in [-0.3, -0.25) is 0 Å². The Balaban J connectivity index is 0.00000225. The summed E-state index contributed by atoms with van der Waals surface area (Å²) in [6.45, 7) is 3.52. The van der Waals surface area contributed by atoms with Gasteiger partial charge in [0.2, 0.25) is 0 Å². The molecule has 4 nitrogen and oxygen atoms in total. The Kier molecular flexibility index (Phi) is 6.48. The van der Waals surface area contributed by atoms with Gasteiger partial charge < -0.3 is 20.1 Å². The minimum atomic E-state index is -0.187. The first kappa shape index (κ1) is 19.3. The number of rotatable bonds is 5. The minimum absolute atomic E-state index is 0. The minimum Gasteiger partial charge on any atom is -0.497 e. The number of fused-ring (bicyclic) bond motifs is 1. The van der Waals surface area contributed by atoms with Crippen molar-refractivity contribution in [2.75, 3.05) is 27.4 Å². The summed E-state index contributed by atoms with van der Waals surface area (Å²) < 4.78 is 10.7. The number of benzene rings is 2. The zero-order valence-corrected chi connectivity index (χ0v) is 15.7. The van der Waals surface area contributed by atoms with Gasteiger partial charge in [0.1, 0.15) is 11.9 Å². The van der Waals surface area contributed by atoms with Crippen LogP contribution >= 0.6 is 12.4 Å². The molecule has 2 aromatic carbocycles. The number of ether oxygens (including phenoxy) is 2. The van der Waals surface area contributed by atoms with Crippen molar-refractivity contribution in [3.05, 3.63) is 70.9 Å². The van der Waals surface area contributed by atoms with Crippen LogP contribution in [-0.4, -0.2) is 32.3 Å². The third-order valence-electron chi connectivity index (χ3n) is 4.58. The highest BCUT2D eigenvalue weighted by atomic mass is 35.5. The van der Waals surface area contributed by atoms with E-state index in [1.165, 1.54) is 11.1 Å². The van der Waals surface area contributed by atoms with E-state index in [2.05, 4.69) is 48.2 Å². The molecule has 2 N–H and O–H groups in total. The van der Waals surface area contributed by atoms with Crippen LogP contribution in [-0.2, 0) is 4.74 Å². The van der Waals surface area contributed by atoms with Gasteiger partial charge in [-0.05, 0) is 35.7 Å². The van der Waals surface area contributed by atoms with Gasteiger partial charge in [0.25, 0.3) is 0 Å². The maximum atomic E-state index is 6.55. The molecular formula is C20H25ClN2O2. The molecule has 1 aliphatic heterocycles. The second-order valence-corrected chi connectivity index (χ2v) is 5.91. The van der Waals surface area contributed by atoms with Gasteiger partial charge in [0.15, 0.2) is 0 Å². The summed E-state index contributed by atoms with van der Waals surface area (Å²) in [5, 5.41) is 0. The maximum absolute atomic E-state index is 6.55.